The summed E-state index contributed by atoms with van der Waals surface area (Å²) in [6.07, 6.45) is 9.17. The second-order valence-electron chi connectivity index (χ2n) is 20.2. The van der Waals surface area contributed by atoms with E-state index in [1.165, 1.54) is 55.7 Å². The molecule has 6 heteroatoms. The molecule has 0 bridgehead atoms. The standard InChI is InChI=1S/C14H20N2.C14H19N.C14H17N.C11H14N2/c1-10-15-8-7-11-5-6-12(14(2,3)4)9-13(11)16-10;2*1-10-5-6-11-7-8-12(14(2,3)4)9-13(11)15-10;1-11(2,3)9-5-4-8-7-12-13-10(8)6-9/h5-6,9,15-16H,1,7-8H2,2-4H3;7-9,15H,1,5-6H2,2-4H3;5-9,15H,1H2,2-4H3;4-7H,1-3H3,(H,12,13). The number of fused-ring (bicyclic) bond motifs is 4. The fourth-order valence-electron chi connectivity index (χ4n) is 6.93. The van der Waals surface area contributed by atoms with E-state index in [1.54, 1.807) is 0 Å². The summed E-state index contributed by atoms with van der Waals surface area (Å²) in [5, 5.41) is 21.4. The third-order valence-corrected chi connectivity index (χ3v) is 11.0. The molecule has 312 valence electrons. The average Bonchev–Trinajstić information content (AvgIpc) is 3.54. The molecule has 1 aromatic heterocycles. The van der Waals surface area contributed by atoms with Crippen molar-refractivity contribution in [3.05, 3.63) is 161 Å². The molecule has 0 radical (unpaired) electrons. The van der Waals surface area contributed by atoms with Crippen molar-refractivity contribution in [1.29, 1.82) is 0 Å². The number of nitrogens with zero attached hydrogens (tertiary/aromatic N) is 1. The number of benzene rings is 4. The fourth-order valence-corrected chi connectivity index (χ4v) is 6.93. The van der Waals surface area contributed by atoms with Crippen LogP contribution in [0.5, 0.6) is 0 Å². The minimum absolute atomic E-state index is 0.192. The molecule has 3 aliphatic heterocycles. The van der Waals surface area contributed by atoms with E-state index in [0.29, 0.717) is 0 Å². The van der Waals surface area contributed by atoms with E-state index in [-0.39, 0.29) is 21.7 Å². The van der Waals surface area contributed by atoms with E-state index >= 15 is 0 Å². The normalized spacial score (nSPS) is 14.7. The highest BCUT2D eigenvalue weighted by atomic mass is 15.1. The second kappa shape index (κ2) is 17.8. The molecule has 4 heterocycles. The van der Waals surface area contributed by atoms with Gasteiger partial charge in [0, 0.05) is 40.4 Å². The number of hydrogen-bond donors (Lipinski definition) is 5. The first-order valence-corrected chi connectivity index (χ1v) is 21.1. The van der Waals surface area contributed by atoms with Crippen molar-refractivity contribution in [1.82, 2.24) is 15.5 Å². The third kappa shape index (κ3) is 12.3. The van der Waals surface area contributed by atoms with Crippen LogP contribution < -0.4 is 21.3 Å². The van der Waals surface area contributed by atoms with Crippen LogP contribution in [0.3, 0.4) is 0 Å². The molecule has 0 saturated heterocycles. The molecule has 0 amide bonds. The molecule has 0 fully saturated rings. The monoisotopic (exact) mass is 791 g/mol. The Labute approximate surface area is 355 Å². The van der Waals surface area contributed by atoms with Gasteiger partial charge in [-0.25, -0.2) is 0 Å². The summed E-state index contributed by atoms with van der Waals surface area (Å²) in [5.41, 5.74) is 17.0. The lowest BCUT2D eigenvalue weighted by Crippen LogP contribution is -2.17. The minimum atomic E-state index is 0.192. The van der Waals surface area contributed by atoms with Crippen LogP contribution in [0.25, 0.3) is 17.0 Å². The molecular formula is C53H70N6. The number of allylic oxidation sites excluding steroid dienone is 2. The first-order chi connectivity index (χ1) is 27.5. The minimum Gasteiger partial charge on any atom is -0.372 e. The number of anilines is 3. The predicted molar refractivity (Wildman–Crippen MR) is 258 cm³/mol. The lowest BCUT2D eigenvalue weighted by Gasteiger charge is -2.25. The average molecular weight is 791 g/mol. The van der Waals surface area contributed by atoms with Crippen LogP contribution in [0.1, 0.15) is 128 Å². The quantitative estimate of drug-likeness (QED) is 0.108. The van der Waals surface area contributed by atoms with Crippen LogP contribution in [0, 0.1) is 0 Å². The molecule has 0 saturated carbocycles. The molecule has 0 unspecified atom stereocenters. The van der Waals surface area contributed by atoms with Gasteiger partial charge in [-0.05, 0) is 110 Å². The predicted octanol–water partition coefficient (Wildman–Crippen LogP) is 13.7. The Hall–Kier alpha value is -5.49. The Kier molecular flexibility index (Phi) is 13.4. The molecule has 3 aliphatic rings. The van der Waals surface area contributed by atoms with E-state index in [4.69, 9.17) is 0 Å². The maximum absolute atomic E-state index is 4.00. The third-order valence-electron chi connectivity index (χ3n) is 11.0. The van der Waals surface area contributed by atoms with Gasteiger partial charge < -0.3 is 21.3 Å². The van der Waals surface area contributed by atoms with Crippen LogP contribution in [-0.2, 0) is 34.5 Å². The number of rotatable bonds is 0. The Morgan fingerprint density at radius 3 is 1.61 bits per heavy atom. The van der Waals surface area contributed by atoms with Crippen LogP contribution >= 0.6 is 0 Å². The van der Waals surface area contributed by atoms with Gasteiger partial charge in [-0.1, -0.05) is 157 Å². The van der Waals surface area contributed by atoms with Gasteiger partial charge in [0.05, 0.1) is 17.5 Å². The smallest absolute Gasteiger partial charge is 0.0957 e. The highest BCUT2D eigenvalue weighted by Gasteiger charge is 2.20. The molecule has 0 atom stereocenters. The van der Waals surface area contributed by atoms with Gasteiger partial charge in [0.2, 0.25) is 0 Å². The van der Waals surface area contributed by atoms with Gasteiger partial charge in [-0.15, -0.1) is 0 Å². The summed E-state index contributed by atoms with van der Waals surface area (Å²) >= 11 is 0. The molecular weight excluding hydrogens is 721 g/mol. The van der Waals surface area contributed by atoms with Crippen molar-refractivity contribution >= 4 is 34.0 Å². The first-order valence-electron chi connectivity index (χ1n) is 21.1. The van der Waals surface area contributed by atoms with Gasteiger partial charge in [0.25, 0.3) is 0 Å². The van der Waals surface area contributed by atoms with Gasteiger partial charge in [0.1, 0.15) is 0 Å². The van der Waals surface area contributed by atoms with Crippen molar-refractivity contribution < 1.29 is 0 Å². The van der Waals surface area contributed by atoms with Crippen LogP contribution in [0.15, 0.2) is 122 Å². The van der Waals surface area contributed by atoms with Gasteiger partial charge in [-0.2, -0.15) is 5.10 Å². The van der Waals surface area contributed by atoms with E-state index in [2.05, 4.69) is 213 Å². The maximum Gasteiger partial charge on any atom is 0.0957 e. The van der Waals surface area contributed by atoms with Gasteiger partial charge in [-0.3, -0.25) is 5.10 Å². The Balaban J connectivity index is 0.000000150. The van der Waals surface area contributed by atoms with Crippen molar-refractivity contribution in [2.24, 2.45) is 0 Å². The summed E-state index contributed by atoms with van der Waals surface area (Å²) < 4.78 is 0. The molecule has 59 heavy (non-hydrogen) atoms. The van der Waals surface area contributed by atoms with Crippen molar-refractivity contribution in [2.75, 3.05) is 22.5 Å². The van der Waals surface area contributed by atoms with Crippen LogP contribution in [-0.4, -0.2) is 16.7 Å². The molecule has 4 aromatic carbocycles. The topological polar surface area (TPSA) is 76.8 Å². The number of aryl methyl sites for hydroxylation is 1. The SMILES string of the molecule is C=C1C=Cc2ccc(C(C)(C)C)cc2N1.C=C1CCc2ccc(C(C)(C)C)cc2N1.C=C1NCCc2ccc(C(C)(C)C)cc2N1.CC(C)(C)c1ccc2cn[nH]c2c1. The summed E-state index contributed by atoms with van der Waals surface area (Å²) in [5.74, 6) is 0.893. The van der Waals surface area contributed by atoms with E-state index < -0.39 is 0 Å². The molecule has 6 nitrogen and oxygen atoms in total. The Bertz CT molecular complexity index is 2320. The molecule has 5 N–H and O–H groups in total. The van der Waals surface area contributed by atoms with Crippen LogP contribution in [0.2, 0.25) is 0 Å². The zero-order valence-corrected chi connectivity index (χ0v) is 38.1. The lowest BCUT2D eigenvalue weighted by molar-refractivity contribution is 0.590. The van der Waals surface area contributed by atoms with E-state index in [0.717, 1.165) is 54.2 Å². The Morgan fingerprint density at radius 2 is 1.02 bits per heavy atom. The van der Waals surface area contributed by atoms with Crippen molar-refractivity contribution in [3.8, 4) is 0 Å². The van der Waals surface area contributed by atoms with Gasteiger partial charge >= 0.3 is 0 Å². The molecule has 5 aromatic rings. The Morgan fingerprint density at radius 1 is 0.508 bits per heavy atom. The number of aromatic amines is 1. The highest BCUT2D eigenvalue weighted by molar-refractivity contribution is 5.79. The lowest BCUT2D eigenvalue weighted by atomic mass is 9.85. The zero-order chi connectivity index (χ0) is 43.3. The number of H-pyrrole nitrogens is 1. The van der Waals surface area contributed by atoms with E-state index in [9.17, 15) is 0 Å². The maximum atomic E-state index is 4.00. The van der Waals surface area contributed by atoms with Crippen molar-refractivity contribution in [3.63, 3.8) is 0 Å². The molecule has 8 rings (SSSR count). The number of aromatic nitrogens is 2. The molecule has 0 aliphatic carbocycles. The summed E-state index contributed by atoms with van der Waals surface area (Å²) in [6, 6.07) is 26.5. The highest BCUT2D eigenvalue weighted by Crippen LogP contribution is 2.33. The largest absolute Gasteiger partial charge is 0.372 e. The molecule has 0 spiro atoms. The first kappa shape index (κ1) is 44.6. The van der Waals surface area contributed by atoms with Crippen LogP contribution in [0.4, 0.5) is 17.1 Å². The summed E-state index contributed by atoms with van der Waals surface area (Å²) in [4.78, 5) is 0. The van der Waals surface area contributed by atoms with Crippen molar-refractivity contribution in [2.45, 2.75) is 124 Å². The zero-order valence-electron chi connectivity index (χ0n) is 38.1. The fraction of sp³-hybridized carbons (Fsp3) is 0.377. The summed E-state index contributed by atoms with van der Waals surface area (Å²) in [6.45, 7) is 39.5. The number of hydrogen-bond acceptors (Lipinski definition) is 5. The van der Waals surface area contributed by atoms with E-state index in [1.807, 2.05) is 12.3 Å². The second-order valence-corrected chi connectivity index (χ2v) is 20.2. The summed E-state index contributed by atoms with van der Waals surface area (Å²) in [7, 11) is 0. The van der Waals surface area contributed by atoms with Gasteiger partial charge in [0.15, 0.2) is 0 Å². The number of nitrogens with one attached hydrogen (secondary N) is 5.